The zero-order chi connectivity index (χ0) is 29.9. The summed E-state index contributed by atoms with van der Waals surface area (Å²) in [5.74, 6) is 1.16. The maximum absolute atomic E-state index is 15.2. The lowest BCUT2D eigenvalue weighted by Crippen LogP contribution is -2.58. The fourth-order valence-electron chi connectivity index (χ4n) is 6.66. The number of fused-ring (bicyclic) bond motifs is 3. The molecule has 0 bridgehead atoms. The van der Waals surface area contributed by atoms with Gasteiger partial charge in [-0.2, -0.15) is 18.2 Å². The molecule has 0 aliphatic carbocycles. The number of imidazole rings is 1. The number of anilines is 1. The predicted molar refractivity (Wildman–Crippen MR) is 150 cm³/mol. The Morgan fingerprint density at radius 3 is 2.55 bits per heavy atom. The van der Waals surface area contributed by atoms with E-state index in [0.29, 0.717) is 37.3 Å². The molecule has 2 aliphatic rings. The highest BCUT2D eigenvalue weighted by molar-refractivity contribution is 5.87. The van der Waals surface area contributed by atoms with Gasteiger partial charge in [0.1, 0.15) is 23.5 Å². The van der Waals surface area contributed by atoms with Crippen molar-refractivity contribution in [3.05, 3.63) is 47.3 Å². The van der Waals surface area contributed by atoms with Crippen molar-refractivity contribution in [3.8, 4) is 0 Å². The van der Waals surface area contributed by atoms with Gasteiger partial charge in [-0.25, -0.2) is 13.8 Å². The van der Waals surface area contributed by atoms with Crippen LogP contribution in [0.4, 0.5) is 23.4 Å². The van der Waals surface area contributed by atoms with E-state index in [1.54, 1.807) is 6.33 Å². The van der Waals surface area contributed by atoms with Crippen LogP contribution in [-0.2, 0) is 17.5 Å². The van der Waals surface area contributed by atoms with Gasteiger partial charge in [0.05, 0.1) is 18.2 Å². The van der Waals surface area contributed by atoms with Crippen LogP contribution in [0.25, 0.3) is 16.9 Å². The normalized spacial score (nSPS) is 23.1. The lowest BCUT2D eigenvalue weighted by atomic mass is 9.90. The fraction of sp³-hybridized carbons (Fsp3) is 0.586. The zero-order valence-corrected chi connectivity index (χ0v) is 24.4. The Labute approximate surface area is 241 Å². The molecule has 1 aromatic carbocycles. The number of hydrogen-bond donors (Lipinski definition) is 0. The molecule has 2 fully saturated rings. The molecule has 0 amide bonds. The topological polar surface area (TPSA) is 76.6 Å². The predicted octanol–water partition coefficient (Wildman–Crippen LogP) is 5.42. The molecule has 9 nitrogen and oxygen atoms in total. The molecule has 0 unspecified atom stereocenters. The molecule has 226 valence electrons. The van der Waals surface area contributed by atoms with Crippen LogP contribution < -0.4 is 4.90 Å². The molecule has 0 radical (unpaired) electrons. The van der Waals surface area contributed by atoms with E-state index in [2.05, 4.69) is 38.4 Å². The van der Waals surface area contributed by atoms with E-state index in [0.717, 1.165) is 42.5 Å². The summed E-state index contributed by atoms with van der Waals surface area (Å²) in [7, 11) is 0. The lowest BCUT2D eigenvalue weighted by Gasteiger charge is -2.49. The minimum atomic E-state index is -4.60. The highest BCUT2D eigenvalue weighted by Gasteiger charge is 2.39. The van der Waals surface area contributed by atoms with Gasteiger partial charge in [-0.05, 0) is 51.7 Å². The molecule has 2 saturated heterocycles. The number of ether oxygens (including phenoxy) is 1. The summed E-state index contributed by atoms with van der Waals surface area (Å²) in [4.78, 5) is 14.3. The summed E-state index contributed by atoms with van der Waals surface area (Å²) in [5, 5.41) is 8.38. The average Bonchev–Trinajstić information content (AvgIpc) is 3.67. The van der Waals surface area contributed by atoms with Gasteiger partial charge in [0.2, 0.25) is 0 Å². The van der Waals surface area contributed by atoms with Crippen LogP contribution in [0.2, 0.25) is 0 Å². The Balaban J connectivity index is 1.35. The van der Waals surface area contributed by atoms with Crippen LogP contribution >= 0.6 is 0 Å². The summed E-state index contributed by atoms with van der Waals surface area (Å²) in [6.07, 6.45) is -0.796. The van der Waals surface area contributed by atoms with Crippen molar-refractivity contribution in [2.45, 2.75) is 84.4 Å². The van der Waals surface area contributed by atoms with Crippen molar-refractivity contribution >= 4 is 22.8 Å². The Morgan fingerprint density at radius 1 is 1.10 bits per heavy atom. The van der Waals surface area contributed by atoms with Crippen LogP contribution in [-0.4, -0.2) is 71.9 Å². The maximum Gasteiger partial charge on any atom is 0.416 e. The summed E-state index contributed by atoms with van der Waals surface area (Å²) in [6.45, 7) is 12.6. The van der Waals surface area contributed by atoms with E-state index in [1.165, 1.54) is 6.07 Å². The molecule has 0 N–H and O–H groups in total. The second-order valence-corrected chi connectivity index (χ2v) is 12.0. The van der Waals surface area contributed by atoms with E-state index in [9.17, 15) is 13.2 Å². The first-order valence-electron chi connectivity index (χ1n) is 14.5. The lowest BCUT2D eigenvalue weighted by molar-refractivity contribution is -0.137. The monoisotopic (exact) mass is 588 g/mol. The van der Waals surface area contributed by atoms with Crippen molar-refractivity contribution in [1.29, 1.82) is 0 Å². The van der Waals surface area contributed by atoms with E-state index < -0.39 is 23.6 Å². The summed E-state index contributed by atoms with van der Waals surface area (Å²) < 4.78 is 64.8. The third-order valence-electron chi connectivity index (χ3n) is 8.66. The average molecular weight is 589 g/mol. The number of aryl methyl sites for hydroxylation is 1. The summed E-state index contributed by atoms with van der Waals surface area (Å²) in [5.41, 5.74) is 0.909. The molecule has 0 saturated carbocycles. The molecule has 0 spiro atoms. The number of rotatable bonds is 6. The number of halogens is 4. The molecule has 2 aliphatic heterocycles. The van der Waals surface area contributed by atoms with E-state index in [-0.39, 0.29) is 29.7 Å². The molecule has 42 heavy (non-hydrogen) atoms. The number of alkyl halides is 3. The van der Waals surface area contributed by atoms with Crippen molar-refractivity contribution in [2.75, 3.05) is 24.6 Å². The fourth-order valence-corrected chi connectivity index (χ4v) is 6.66. The summed E-state index contributed by atoms with van der Waals surface area (Å²) in [6, 6.07) is 2.37. The Morgan fingerprint density at radius 2 is 1.88 bits per heavy atom. The van der Waals surface area contributed by atoms with Gasteiger partial charge in [0, 0.05) is 43.4 Å². The van der Waals surface area contributed by atoms with Crippen molar-refractivity contribution in [2.24, 2.45) is 5.92 Å². The first-order chi connectivity index (χ1) is 19.9. The van der Waals surface area contributed by atoms with Crippen LogP contribution in [0, 0.1) is 18.7 Å². The quantitative estimate of drug-likeness (QED) is 0.279. The first-order valence-corrected chi connectivity index (χ1v) is 14.5. The summed E-state index contributed by atoms with van der Waals surface area (Å²) >= 11 is 0. The smallest absolute Gasteiger partial charge is 0.376 e. The van der Waals surface area contributed by atoms with Crippen molar-refractivity contribution in [3.63, 3.8) is 0 Å². The first kappa shape index (κ1) is 28.8. The zero-order valence-electron chi connectivity index (χ0n) is 24.4. The molecule has 4 atom stereocenters. The van der Waals surface area contributed by atoms with E-state index >= 15 is 4.39 Å². The minimum Gasteiger partial charge on any atom is -0.376 e. The van der Waals surface area contributed by atoms with E-state index in [4.69, 9.17) is 14.7 Å². The SMILES string of the molecule is Cc1nc2c(N3C[C@@H](C)N([C@H](c4ccc(C(F)(F)F)cc4F)C(C)C)C[C@@H]3C)nc3nncn3c2n1C[C@@H]1CCCO1. The van der Waals surface area contributed by atoms with Crippen LogP contribution in [0.1, 0.15) is 63.5 Å². The van der Waals surface area contributed by atoms with Crippen LogP contribution in [0.15, 0.2) is 24.5 Å². The van der Waals surface area contributed by atoms with Gasteiger partial charge < -0.3 is 14.2 Å². The molecule has 6 rings (SSSR count). The molecule has 4 aromatic rings. The molecular weight excluding hydrogens is 552 g/mol. The molecule has 13 heteroatoms. The van der Waals surface area contributed by atoms with Crippen molar-refractivity contribution < 1.29 is 22.3 Å². The number of hydrogen-bond acceptors (Lipinski definition) is 7. The third-order valence-corrected chi connectivity index (χ3v) is 8.66. The third kappa shape index (κ3) is 5.00. The minimum absolute atomic E-state index is 0.0363. The number of nitrogens with zero attached hydrogens (tertiary/aromatic N) is 8. The second-order valence-electron chi connectivity index (χ2n) is 12.0. The Hall–Kier alpha value is -3.32. The number of aromatic nitrogens is 6. The maximum atomic E-state index is 15.2. The van der Waals surface area contributed by atoms with Gasteiger partial charge in [0.15, 0.2) is 11.5 Å². The number of benzene rings is 1. The van der Waals surface area contributed by atoms with Gasteiger partial charge in [0.25, 0.3) is 5.78 Å². The van der Waals surface area contributed by atoms with Crippen LogP contribution in [0.3, 0.4) is 0 Å². The van der Waals surface area contributed by atoms with Crippen molar-refractivity contribution in [1.82, 2.24) is 34.0 Å². The highest BCUT2D eigenvalue weighted by atomic mass is 19.4. The Bertz CT molecular complexity index is 1590. The standard InChI is InChI=1S/C29H36F4N8O/c1-16(2)25(22-9-8-20(11-23(22)30)29(31,32)33)38-12-18(4)39(13-17(38)3)26-24-27(41-15-34-37-28(41)36-26)40(19(5)35-24)14-21-7-6-10-42-21/h8-9,11,15-18,21,25H,6-7,10,12-14H2,1-5H3/t17-,18+,21+,25+/m1/s1. The molecular formula is C29H36F4N8O. The molecule has 3 aromatic heterocycles. The second kappa shape index (κ2) is 10.7. The van der Waals surface area contributed by atoms with Gasteiger partial charge in [-0.3, -0.25) is 4.90 Å². The number of piperazine rings is 1. The highest BCUT2D eigenvalue weighted by Crippen LogP contribution is 2.39. The van der Waals surface area contributed by atoms with Gasteiger partial charge in [-0.15, -0.1) is 10.2 Å². The molecule has 5 heterocycles. The van der Waals surface area contributed by atoms with Gasteiger partial charge in [-0.1, -0.05) is 19.9 Å². The van der Waals surface area contributed by atoms with E-state index in [1.807, 2.05) is 25.2 Å². The Kier molecular flexibility index (Phi) is 7.37. The van der Waals surface area contributed by atoms with Crippen LogP contribution in [0.5, 0.6) is 0 Å². The van der Waals surface area contributed by atoms with Gasteiger partial charge >= 0.3 is 6.18 Å². The largest absolute Gasteiger partial charge is 0.416 e.